The molecule has 3 amide bonds. The summed E-state index contributed by atoms with van der Waals surface area (Å²) < 4.78 is 5.55. The van der Waals surface area contributed by atoms with Crippen LogP contribution >= 0.6 is 0 Å². The number of rotatable bonds is 9. The number of nitrogens with one attached hydrogen (secondary N) is 2. The number of ether oxygens (including phenoxy) is 1. The van der Waals surface area contributed by atoms with E-state index in [0.717, 1.165) is 27.2 Å². The molecule has 0 fully saturated rings. The monoisotopic (exact) mass is 527 g/mol. The molecule has 1 atom stereocenters. The third-order valence-corrected chi connectivity index (χ3v) is 7.18. The number of para-hydroxylation sites is 1. The van der Waals surface area contributed by atoms with Crippen molar-refractivity contribution in [3.05, 3.63) is 89.5 Å². The zero-order valence-corrected chi connectivity index (χ0v) is 21.3. The molecule has 1 aliphatic heterocycles. The highest BCUT2D eigenvalue weighted by molar-refractivity contribution is 6.10. The van der Waals surface area contributed by atoms with Crippen LogP contribution in [0.15, 0.2) is 72.8 Å². The Balaban J connectivity index is 1.12. The molecule has 0 saturated heterocycles. The van der Waals surface area contributed by atoms with Crippen molar-refractivity contribution in [1.29, 1.82) is 0 Å². The number of carbonyl (C=O) groups is 4. The Kier molecular flexibility index (Phi) is 7.58. The van der Waals surface area contributed by atoms with Gasteiger partial charge < -0.3 is 25.4 Å². The predicted octanol–water partition coefficient (Wildman–Crippen LogP) is 4.24. The summed E-state index contributed by atoms with van der Waals surface area (Å²) >= 11 is 0. The minimum atomic E-state index is -1.20. The fraction of sp³-hybridized carbons (Fsp3) is 0.267. The molecule has 9 nitrogen and oxygen atoms in total. The topological polar surface area (TPSA) is 125 Å². The lowest BCUT2D eigenvalue weighted by Gasteiger charge is -2.27. The van der Waals surface area contributed by atoms with E-state index >= 15 is 0 Å². The largest absolute Gasteiger partial charge is 0.480 e. The number of alkyl carbamates (subject to hydrolysis) is 1. The van der Waals surface area contributed by atoms with Crippen molar-refractivity contribution in [3.8, 4) is 11.1 Å². The van der Waals surface area contributed by atoms with Crippen molar-refractivity contribution >= 4 is 29.6 Å². The molecule has 0 aromatic heterocycles. The first-order chi connectivity index (χ1) is 18.9. The quantitative estimate of drug-likeness (QED) is 0.358. The maximum absolute atomic E-state index is 13.0. The molecule has 39 heavy (non-hydrogen) atoms. The minimum Gasteiger partial charge on any atom is -0.480 e. The zero-order chi connectivity index (χ0) is 27.4. The molecule has 1 aliphatic carbocycles. The smallest absolute Gasteiger partial charge is 0.407 e. The van der Waals surface area contributed by atoms with Gasteiger partial charge in [0.1, 0.15) is 19.2 Å². The van der Waals surface area contributed by atoms with Gasteiger partial charge in [0, 0.05) is 12.5 Å². The summed E-state index contributed by atoms with van der Waals surface area (Å²) in [4.78, 5) is 50.9. The SMILES string of the molecule is O=C(O)CN1C(=O)c2ccccc2NC(=O)[C@@H]1CCCCNC(=O)OCC1c2ccccc2-c2ccccc21. The molecule has 3 aromatic carbocycles. The predicted molar refractivity (Wildman–Crippen MR) is 144 cm³/mol. The van der Waals surface area contributed by atoms with Crippen LogP contribution in [-0.2, 0) is 14.3 Å². The molecule has 1 heterocycles. The van der Waals surface area contributed by atoms with Gasteiger partial charge in [-0.05, 0) is 53.6 Å². The number of unbranched alkanes of at least 4 members (excludes halogenated alkanes) is 1. The van der Waals surface area contributed by atoms with Crippen LogP contribution in [0.4, 0.5) is 10.5 Å². The van der Waals surface area contributed by atoms with Crippen LogP contribution in [0.2, 0.25) is 0 Å². The summed E-state index contributed by atoms with van der Waals surface area (Å²) in [6.45, 7) is -0.0453. The summed E-state index contributed by atoms with van der Waals surface area (Å²) in [6, 6.07) is 21.8. The number of carboxylic acid groups (broad SMARTS) is 1. The molecule has 0 saturated carbocycles. The number of amides is 3. The van der Waals surface area contributed by atoms with Crippen molar-refractivity contribution in [2.45, 2.75) is 31.2 Å². The molecule has 2 aliphatic rings. The molecule has 0 unspecified atom stereocenters. The number of hydrogen-bond acceptors (Lipinski definition) is 5. The number of hydrogen-bond donors (Lipinski definition) is 3. The second-order valence-corrected chi connectivity index (χ2v) is 9.63. The van der Waals surface area contributed by atoms with Gasteiger partial charge in [-0.15, -0.1) is 0 Å². The summed E-state index contributed by atoms with van der Waals surface area (Å²) in [5.74, 6) is -2.16. The van der Waals surface area contributed by atoms with Crippen molar-refractivity contribution in [2.24, 2.45) is 0 Å². The van der Waals surface area contributed by atoms with Crippen molar-refractivity contribution in [2.75, 3.05) is 25.0 Å². The first-order valence-corrected chi connectivity index (χ1v) is 13.0. The number of carbonyl (C=O) groups excluding carboxylic acids is 3. The molecular weight excluding hydrogens is 498 g/mol. The van der Waals surface area contributed by atoms with E-state index in [1.807, 2.05) is 24.3 Å². The van der Waals surface area contributed by atoms with Gasteiger partial charge in [0.25, 0.3) is 5.91 Å². The van der Waals surface area contributed by atoms with E-state index in [0.29, 0.717) is 25.1 Å². The van der Waals surface area contributed by atoms with E-state index < -0.39 is 36.5 Å². The van der Waals surface area contributed by atoms with E-state index in [9.17, 15) is 24.3 Å². The first-order valence-electron chi connectivity index (χ1n) is 13.0. The van der Waals surface area contributed by atoms with Crippen molar-refractivity contribution in [3.63, 3.8) is 0 Å². The molecular formula is C30H29N3O6. The van der Waals surface area contributed by atoms with E-state index in [1.54, 1.807) is 24.3 Å². The lowest BCUT2D eigenvalue weighted by molar-refractivity contribution is -0.138. The number of benzene rings is 3. The number of aliphatic carboxylic acids is 1. The maximum Gasteiger partial charge on any atom is 0.407 e. The van der Waals surface area contributed by atoms with E-state index in [2.05, 4.69) is 34.9 Å². The molecule has 0 spiro atoms. The van der Waals surface area contributed by atoms with E-state index in [-0.39, 0.29) is 24.5 Å². The second kappa shape index (κ2) is 11.4. The molecule has 3 aromatic rings. The van der Waals surface area contributed by atoms with Gasteiger partial charge in [0.2, 0.25) is 5.91 Å². The summed E-state index contributed by atoms with van der Waals surface area (Å²) in [5, 5.41) is 14.8. The van der Waals surface area contributed by atoms with Crippen LogP contribution < -0.4 is 10.6 Å². The number of fused-ring (bicyclic) bond motifs is 4. The fourth-order valence-corrected chi connectivity index (χ4v) is 5.35. The number of carboxylic acids is 1. The van der Waals surface area contributed by atoms with Gasteiger partial charge in [-0.1, -0.05) is 60.7 Å². The average Bonchev–Trinajstić information content (AvgIpc) is 3.21. The second-order valence-electron chi connectivity index (χ2n) is 9.63. The first kappa shape index (κ1) is 26.0. The van der Waals surface area contributed by atoms with E-state index in [1.165, 1.54) is 0 Å². The lowest BCUT2D eigenvalue weighted by atomic mass is 9.98. The third kappa shape index (κ3) is 5.47. The summed E-state index contributed by atoms with van der Waals surface area (Å²) in [7, 11) is 0. The molecule has 0 radical (unpaired) electrons. The highest BCUT2D eigenvalue weighted by Gasteiger charge is 2.36. The highest BCUT2D eigenvalue weighted by Crippen LogP contribution is 2.44. The van der Waals surface area contributed by atoms with Crippen molar-refractivity contribution in [1.82, 2.24) is 10.2 Å². The van der Waals surface area contributed by atoms with Gasteiger partial charge in [0.15, 0.2) is 0 Å². The van der Waals surface area contributed by atoms with Gasteiger partial charge >= 0.3 is 12.1 Å². The Bertz CT molecular complexity index is 1380. The van der Waals surface area contributed by atoms with Crippen LogP contribution in [0.3, 0.4) is 0 Å². The zero-order valence-electron chi connectivity index (χ0n) is 21.3. The maximum atomic E-state index is 13.0. The Morgan fingerprint density at radius 2 is 1.49 bits per heavy atom. The molecule has 9 heteroatoms. The average molecular weight is 528 g/mol. The number of anilines is 1. The standard InChI is InChI=1S/C30H29N3O6/c34-27(35)17-33-26(28(36)32-25-14-6-5-13-23(25)29(33)37)15-7-8-16-31-30(38)39-18-24-21-11-3-1-9-19(21)20-10-2-4-12-22(20)24/h1-6,9-14,24,26H,7-8,15-18H2,(H,31,38)(H,32,36)(H,34,35)/t26-/m0/s1. The Morgan fingerprint density at radius 1 is 0.872 bits per heavy atom. The summed E-state index contributed by atoms with van der Waals surface area (Å²) in [6.07, 6.45) is 0.741. The van der Waals surface area contributed by atoms with Gasteiger partial charge in [-0.2, -0.15) is 0 Å². The minimum absolute atomic E-state index is 0.0289. The Morgan fingerprint density at radius 3 is 2.15 bits per heavy atom. The van der Waals surface area contributed by atoms with Crippen molar-refractivity contribution < 1.29 is 29.0 Å². The summed E-state index contributed by atoms with van der Waals surface area (Å²) in [5.41, 5.74) is 5.20. The Labute approximate surface area is 225 Å². The molecule has 3 N–H and O–H groups in total. The van der Waals surface area contributed by atoms with Crippen LogP contribution in [0.1, 0.15) is 46.7 Å². The van der Waals surface area contributed by atoms with Crippen LogP contribution in [-0.4, -0.2) is 59.6 Å². The van der Waals surface area contributed by atoms with Crippen LogP contribution in [0, 0.1) is 0 Å². The molecule has 0 bridgehead atoms. The fourth-order valence-electron chi connectivity index (χ4n) is 5.35. The van der Waals surface area contributed by atoms with Crippen LogP contribution in [0.25, 0.3) is 11.1 Å². The Hall–Kier alpha value is -4.66. The lowest BCUT2D eigenvalue weighted by Crippen LogP contribution is -2.47. The molecule has 5 rings (SSSR count). The highest BCUT2D eigenvalue weighted by atomic mass is 16.5. The van der Waals surface area contributed by atoms with E-state index in [4.69, 9.17) is 4.74 Å². The normalized spacial score (nSPS) is 16.0. The molecule has 200 valence electrons. The van der Waals surface area contributed by atoms with Crippen LogP contribution in [0.5, 0.6) is 0 Å². The van der Waals surface area contributed by atoms with Gasteiger partial charge in [-0.25, -0.2) is 4.79 Å². The number of nitrogens with zero attached hydrogens (tertiary/aromatic N) is 1. The third-order valence-electron chi connectivity index (χ3n) is 7.18. The van der Waals surface area contributed by atoms with Gasteiger partial charge in [0.05, 0.1) is 11.3 Å². The van der Waals surface area contributed by atoms with Gasteiger partial charge in [-0.3, -0.25) is 14.4 Å².